The fourth-order valence-electron chi connectivity index (χ4n) is 1.77. The first-order valence-electron chi connectivity index (χ1n) is 5.80. The molecule has 7 heteroatoms. The zero-order chi connectivity index (χ0) is 14.1. The molecule has 0 aliphatic rings. The van der Waals surface area contributed by atoms with E-state index in [1.54, 1.807) is 35.0 Å². The Labute approximate surface area is 118 Å². The molecule has 3 rings (SSSR count). The summed E-state index contributed by atoms with van der Waals surface area (Å²) in [6.07, 6.45) is 1.59. The van der Waals surface area contributed by atoms with Gasteiger partial charge >= 0.3 is 0 Å². The Hall–Kier alpha value is -2.72. The second kappa shape index (κ2) is 4.75. The Morgan fingerprint density at radius 3 is 3.10 bits per heavy atom. The second-order valence-corrected chi connectivity index (χ2v) is 5.28. The number of amides is 1. The fraction of sp³-hybridized carbons (Fsp3) is 0.0769. The van der Waals surface area contributed by atoms with E-state index < -0.39 is 0 Å². The van der Waals surface area contributed by atoms with Crippen LogP contribution in [-0.2, 0) is 0 Å². The lowest BCUT2D eigenvalue weighted by molar-refractivity contribution is 0.102. The summed E-state index contributed by atoms with van der Waals surface area (Å²) >= 11 is 1.42. The van der Waals surface area contributed by atoms with Crippen molar-refractivity contribution in [1.82, 2.24) is 14.6 Å². The lowest BCUT2D eigenvalue weighted by atomic mass is 10.2. The largest absolute Gasteiger partial charge is 0.321 e. The molecule has 0 aliphatic carbocycles. The van der Waals surface area contributed by atoms with Crippen LogP contribution in [0.3, 0.4) is 0 Å². The molecule has 2 heterocycles. The van der Waals surface area contributed by atoms with Crippen LogP contribution < -0.4 is 5.32 Å². The Morgan fingerprint density at radius 2 is 2.35 bits per heavy atom. The third-order valence-electron chi connectivity index (χ3n) is 2.63. The number of nitrogens with one attached hydrogen (secondary N) is 1. The van der Waals surface area contributed by atoms with Gasteiger partial charge in [-0.3, -0.25) is 4.79 Å². The van der Waals surface area contributed by atoms with Gasteiger partial charge < -0.3 is 5.32 Å². The van der Waals surface area contributed by atoms with Gasteiger partial charge in [-0.05, 0) is 25.1 Å². The van der Waals surface area contributed by atoms with Gasteiger partial charge in [-0.15, -0.1) is 0 Å². The lowest BCUT2D eigenvalue weighted by Gasteiger charge is -2.02. The minimum absolute atomic E-state index is 0.297. The highest BCUT2D eigenvalue weighted by molar-refractivity contribution is 7.16. The first-order chi connectivity index (χ1) is 9.65. The number of hydrogen-bond donors (Lipinski definition) is 1. The van der Waals surface area contributed by atoms with Gasteiger partial charge in [0.2, 0.25) is 4.96 Å². The van der Waals surface area contributed by atoms with Crippen molar-refractivity contribution in [2.45, 2.75) is 6.92 Å². The van der Waals surface area contributed by atoms with Crippen molar-refractivity contribution in [3.8, 4) is 6.07 Å². The summed E-state index contributed by atoms with van der Waals surface area (Å²) in [5.74, 6) is -0.324. The number of rotatable bonds is 2. The van der Waals surface area contributed by atoms with Gasteiger partial charge in [-0.1, -0.05) is 17.4 Å². The summed E-state index contributed by atoms with van der Waals surface area (Å²) in [6.45, 7) is 1.88. The monoisotopic (exact) mass is 283 g/mol. The molecule has 0 unspecified atom stereocenters. The first kappa shape index (κ1) is 12.3. The van der Waals surface area contributed by atoms with Gasteiger partial charge in [0.1, 0.15) is 10.7 Å². The highest BCUT2D eigenvalue weighted by Crippen LogP contribution is 2.15. The number of nitriles is 1. The summed E-state index contributed by atoms with van der Waals surface area (Å²) in [7, 11) is 0. The average molecular weight is 283 g/mol. The van der Waals surface area contributed by atoms with Gasteiger partial charge in [0, 0.05) is 5.69 Å². The maximum Gasteiger partial charge on any atom is 0.275 e. The zero-order valence-corrected chi connectivity index (χ0v) is 11.3. The van der Waals surface area contributed by atoms with E-state index in [-0.39, 0.29) is 5.91 Å². The summed E-state index contributed by atoms with van der Waals surface area (Å²) in [5.41, 5.74) is 1.35. The second-order valence-electron chi connectivity index (χ2n) is 4.12. The van der Waals surface area contributed by atoms with Gasteiger partial charge in [0.25, 0.3) is 5.91 Å². The van der Waals surface area contributed by atoms with Crippen molar-refractivity contribution >= 4 is 27.9 Å². The Morgan fingerprint density at radius 1 is 1.50 bits per heavy atom. The fourth-order valence-corrected chi connectivity index (χ4v) is 2.49. The van der Waals surface area contributed by atoms with E-state index in [2.05, 4.69) is 15.4 Å². The predicted octanol–water partition coefficient (Wildman–Crippen LogP) is 2.22. The molecule has 0 saturated heterocycles. The maximum absolute atomic E-state index is 12.1. The van der Waals surface area contributed by atoms with Gasteiger partial charge in [0.15, 0.2) is 0 Å². The summed E-state index contributed by atoms with van der Waals surface area (Å²) in [6, 6.07) is 8.74. The molecular formula is C13H9N5OS. The van der Waals surface area contributed by atoms with E-state index in [9.17, 15) is 4.79 Å². The number of anilines is 1. The quantitative estimate of drug-likeness (QED) is 0.781. The third-order valence-corrected chi connectivity index (χ3v) is 3.46. The molecule has 98 valence electrons. The molecule has 6 nitrogen and oxygen atoms in total. The molecule has 1 amide bonds. The highest BCUT2D eigenvalue weighted by atomic mass is 32.1. The van der Waals surface area contributed by atoms with Crippen molar-refractivity contribution in [1.29, 1.82) is 5.26 Å². The number of imidazole rings is 1. The van der Waals surface area contributed by atoms with Crippen LogP contribution in [-0.4, -0.2) is 20.5 Å². The van der Waals surface area contributed by atoms with Gasteiger partial charge in [-0.25, -0.2) is 9.50 Å². The SMILES string of the molecule is Cc1nn2cc(C(=O)Nc3cccc(C#N)c3)nc2s1. The molecule has 0 atom stereocenters. The number of aromatic nitrogens is 3. The minimum Gasteiger partial charge on any atom is -0.321 e. The van der Waals surface area contributed by atoms with Crippen LogP contribution in [0.5, 0.6) is 0 Å². The van der Waals surface area contributed by atoms with Crippen LogP contribution >= 0.6 is 11.3 Å². The Kier molecular flexibility index (Phi) is 2.93. The molecule has 1 aromatic carbocycles. The van der Waals surface area contributed by atoms with Crippen molar-refractivity contribution < 1.29 is 4.79 Å². The number of hydrogen-bond acceptors (Lipinski definition) is 5. The molecular weight excluding hydrogens is 274 g/mol. The van der Waals surface area contributed by atoms with Gasteiger partial charge in [0.05, 0.1) is 17.8 Å². The topological polar surface area (TPSA) is 83.1 Å². The van der Waals surface area contributed by atoms with E-state index in [0.29, 0.717) is 21.9 Å². The summed E-state index contributed by atoms with van der Waals surface area (Å²) in [5, 5.41) is 16.6. The van der Waals surface area contributed by atoms with E-state index in [4.69, 9.17) is 5.26 Å². The normalized spacial score (nSPS) is 10.4. The standard InChI is InChI=1S/C13H9N5OS/c1-8-17-18-7-11(16-13(18)20-8)12(19)15-10-4-2-3-9(5-10)6-14/h2-5,7H,1H3,(H,15,19). The average Bonchev–Trinajstić information content (AvgIpc) is 2.96. The molecule has 3 aromatic rings. The predicted molar refractivity (Wildman–Crippen MR) is 74.7 cm³/mol. The lowest BCUT2D eigenvalue weighted by Crippen LogP contribution is -2.12. The third kappa shape index (κ3) is 2.24. The van der Waals surface area contributed by atoms with Gasteiger partial charge in [-0.2, -0.15) is 10.4 Å². The number of carbonyl (C=O) groups is 1. The molecule has 0 bridgehead atoms. The molecule has 0 aliphatic heterocycles. The van der Waals surface area contributed by atoms with Crippen molar-refractivity contribution in [2.75, 3.05) is 5.32 Å². The molecule has 0 saturated carbocycles. The first-order valence-corrected chi connectivity index (χ1v) is 6.62. The zero-order valence-electron chi connectivity index (χ0n) is 10.5. The molecule has 20 heavy (non-hydrogen) atoms. The van der Waals surface area contributed by atoms with Crippen molar-refractivity contribution in [2.24, 2.45) is 0 Å². The smallest absolute Gasteiger partial charge is 0.275 e. The van der Waals surface area contributed by atoms with Crippen LogP contribution in [0.15, 0.2) is 30.5 Å². The molecule has 0 spiro atoms. The van der Waals surface area contributed by atoms with E-state index in [0.717, 1.165) is 5.01 Å². The number of aryl methyl sites for hydroxylation is 1. The molecule has 1 N–H and O–H groups in total. The number of benzene rings is 1. The van der Waals surface area contributed by atoms with E-state index in [1.807, 2.05) is 13.0 Å². The molecule has 0 radical (unpaired) electrons. The summed E-state index contributed by atoms with van der Waals surface area (Å²) < 4.78 is 1.58. The summed E-state index contributed by atoms with van der Waals surface area (Å²) in [4.78, 5) is 17.0. The minimum atomic E-state index is -0.324. The van der Waals surface area contributed by atoms with Crippen molar-refractivity contribution in [3.63, 3.8) is 0 Å². The Balaban J connectivity index is 1.84. The van der Waals surface area contributed by atoms with Crippen LogP contribution in [0.4, 0.5) is 5.69 Å². The van der Waals surface area contributed by atoms with Crippen LogP contribution in [0.1, 0.15) is 21.1 Å². The number of nitrogens with zero attached hydrogens (tertiary/aromatic N) is 4. The van der Waals surface area contributed by atoms with E-state index >= 15 is 0 Å². The van der Waals surface area contributed by atoms with Crippen LogP contribution in [0, 0.1) is 18.3 Å². The van der Waals surface area contributed by atoms with Crippen LogP contribution in [0.25, 0.3) is 4.96 Å². The van der Waals surface area contributed by atoms with Crippen LogP contribution in [0.2, 0.25) is 0 Å². The number of fused-ring (bicyclic) bond motifs is 1. The van der Waals surface area contributed by atoms with Crippen molar-refractivity contribution in [3.05, 3.63) is 46.7 Å². The maximum atomic E-state index is 12.1. The van der Waals surface area contributed by atoms with E-state index in [1.165, 1.54) is 11.3 Å². The molecule has 2 aromatic heterocycles. The molecule has 0 fully saturated rings. The number of carbonyl (C=O) groups excluding carboxylic acids is 1. The highest BCUT2D eigenvalue weighted by Gasteiger charge is 2.13. The Bertz CT molecular complexity index is 810.